The van der Waals surface area contributed by atoms with Crippen molar-refractivity contribution in [2.45, 2.75) is 17.7 Å². The standard InChI is InChI=1S/C13H13N5O3S/c19-13-16-15-12-8-14-10-7-9(3-4-11(10)18(12)13)22(20,21)17-5-1-2-6-17/h3-4,7-8H,1-2,5-6H2,(H,16,19). The van der Waals surface area contributed by atoms with E-state index >= 15 is 0 Å². The number of nitrogens with one attached hydrogen (secondary N) is 1. The van der Waals surface area contributed by atoms with Gasteiger partial charge in [-0.25, -0.2) is 22.7 Å². The second-order valence-corrected chi connectivity index (χ2v) is 7.18. The van der Waals surface area contributed by atoms with Crippen molar-refractivity contribution < 1.29 is 8.42 Å². The molecule has 8 nitrogen and oxygen atoms in total. The quantitative estimate of drug-likeness (QED) is 0.735. The number of hydrogen-bond donors (Lipinski definition) is 1. The number of rotatable bonds is 2. The lowest BCUT2D eigenvalue weighted by atomic mass is 10.3. The molecule has 0 spiro atoms. The van der Waals surface area contributed by atoms with Crippen LogP contribution in [0.25, 0.3) is 16.7 Å². The third kappa shape index (κ3) is 1.86. The van der Waals surface area contributed by atoms with Crippen molar-refractivity contribution in [2.24, 2.45) is 0 Å². The molecule has 0 saturated carbocycles. The van der Waals surface area contributed by atoms with E-state index in [-0.39, 0.29) is 10.6 Å². The normalized spacial score (nSPS) is 16.7. The van der Waals surface area contributed by atoms with Gasteiger partial charge in [0, 0.05) is 13.1 Å². The Balaban J connectivity index is 1.93. The lowest BCUT2D eigenvalue weighted by Gasteiger charge is -2.15. The van der Waals surface area contributed by atoms with E-state index in [9.17, 15) is 13.2 Å². The number of sulfonamides is 1. The Hall–Kier alpha value is -2.26. The van der Waals surface area contributed by atoms with Crippen LogP contribution in [-0.4, -0.2) is 45.4 Å². The highest BCUT2D eigenvalue weighted by Crippen LogP contribution is 2.23. The molecule has 3 heterocycles. The largest absolute Gasteiger partial charge is 0.348 e. The Bertz CT molecular complexity index is 1030. The number of aromatic amines is 1. The number of hydrogen-bond acceptors (Lipinski definition) is 5. The van der Waals surface area contributed by atoms with Crippen LogP contribution in [0.3, 0.4) is 0 Å². The van der Waals surface area contributed by atoms with Crippen molar-refractivity contribution in [1.82, 2.24) is 23.9 Å². The molecule has 1 fully saturated rings. The average molecular weight is 319 g/mol. The predicted molar refractivity (Wildman–Crippen MR) is 79.1 cm³/mol. The Morgan fingerprint density at radius 2 is 1.95 bits per heavy atom. The van der Waals surface area contributed by atoms with Crippen LogP contribution in [0.5, 0.6) is 0 Å². The zero-order chi connectivity index (χ0) is 15.3. The van der Waals surface area contributed by atoms with Gasteiger partial charge >= 0.3 is 5.69 Å². The van der Waals surface area contributed by atoms with Crippen molar-refractivity contribution in [3.8, 4) is 0 Å². The van der Waals surface area contributed by atoms with Crippen molar-refractivity contribution in [1.29, 1.82) is 0 Å². The molecule has 0 aliphatic carbocycles. The molecule has 0 bridgehead atoms. The summed E-state index contributed by atoms with van der Waals surface area (Å²) in [5.41, 5.74) is 0.984. The summed E-state index contributed by atoms with van der Waals surface area (Å²) in [6.45, 7) is 1.10. The zero-order valence-electron chi connectivity index (χ0n) is 11.6. The second kappa shape index (κ2) is 4.62. The third-order valence-corrected chi connectivity index (χ3v) is 5.80. The molecular formula is C13H13N5O3S. The van der Waals surface area contributed by atoms with Gasteiger partial charge in [-0.3, -0.25) is 4.98 Å². The highest BCUT2D eigenvalue weighted by Gasteiger charge is 2.27. The molecule has 3 aromatic rings. The van der Waals surface area contributed by atoms with E-state index in [4.69, 9.17) is 0 Å². The molecular weight excluding hydrogens is 306 g/mol. The van der Waals surface area contributed by atoms with E-state index in [1.54, 1.807) is 6.07 Å². The zero-order valence-corrected chi connectivity index (χ0v) is 12.4. The number of aromatic nitrogens is 4. The Morgan fingerprint density at radius 1 is 1.18 bits per heavy atom. The topological polar surface area (TPSA) is 100 Å². The van der Waals surface area contributed by atoms with Gasteiger partial charge in [0.2, 0.25) is 10.0 Å². The van der Waals surface area contributed by atoms with Gasteiger partial charge in [-0.1, -0.05) is 0 Å². The lowest BCUT2D eigenvalue weighted by molar-refractivity contribution is 0.477. The second-order valence-electron chi connectivity index (χ2n) is 5.24. The average Bonchev–Trinajstić information content (AvgIpc) is 3.17. The minimum Gasteiger partial charge on any atom is -0.251 e. The van der Waals surface area contributed by atoms with Gasteiger partial charge < -0.3 is 0 Å². The van der Waals surface area contributed by atoms with Crippen LogP contribution >= 0.6 is 0 Å². The first-order chi connectivity index (χ1) is 10.6. The first-order valence-corrected chi connectivity index (χ1v) is 8.37. The Kier molecular flexibility index (Phi) is 2.81. The SMILES string of the molecule is O=c1[nH]nc2cnc3cc(S(=O)(=O)N4CCCC4)ccc3n12. The molecule has 0 radical (unpaired) electrons. The van der Waals surface area contributed by atoms with Gasteiger partial charge in [-0.05, 0) is 31.0 Å². The van der Waals surface area contributed by atoms with E-state index in [1.165, 1.54) is 27.0 Å². The summed E-state index contributed by atoms with van der Waals surface area (Å²) in [6, 6.07) is 4.60. The molecule has 9 heteroatoms. The van der Waals surface area contributed by atoms with Crippen molar-refractivity contribution >= 4 is 26.7 Å². The Morgan fingerprint density at radius 3 is 2.73 bits per heavy atom. The molecule has 1 aliphatic rings. The molecule has 114 valence electrons. The molecule has 2 aromatic heterocycles. The summed E-state index contributed by atoms with van der Waals surface area (Å²) >= 11 is 0. The minimum atomic E-state index is -3.50. The maximum Gasteiger partial charge on any atom is 0.348 e. The molecule has 0 atom stereocenters. The van der Waals surface area contributed by atoms with Crippen LogP contribution < -0.4 is 5.69 Å². The van der Waals surface area contributed by atoms with Crippen LogP contribution in [-0.2, 0) is 10.0 Å². The molecule has 1 aliphatic heterocycles. The van der Waals surface area contributed by atoms with Gasteiger partial charge in [-0.2, -0.15) is 9.40 Å². The highest BCUT2D eigenvalue weighted by atomic mass is 32.2. The monoisotopic (exact) mass is 319 g/mol. The minimum absolute atomic E-state index is 0.199. The summed E-state index contributed by atoms with van der Waals surface area (Å²) in [5.74, 6) is 0. The van der Waals surface area contributed by atoms with Gasteiger partial charge in [0.05, 0.1) is 22.1 Å². The summed E-state index contributed by atoms with van der Waals surface area (Å²) in [7, 11) is -3.50. The summed E-state index contributed by atoms with van der Waals surface area (Å²) in [6.07, 6.45) is 3.21. The van der Waals surface area contributed by atoms with Crippen LogP contribution in [0, 0.1) is 0 Å². The molecule has 1 saturated heterocycles. The van der Waals surface area contributed by atoms with Gasteiger partial charge in [-0.15, -0.1) is 0 Å². The van der Waals surface area contributed by atoms with Crippen LogP contribution in [0.2, 0.25) is 0 Å². The smallest absolute Gasteiger partial charge is 0.251 e. The molecule has 22 heavy (non-hydrogen) atoms. The maximum atomic E-state index is 12.6. The molecule has 0 amide bonds. The molecule has 0 unspecified atom stereocenters. The Labute approximate surface area is 125 Å². The van der Waals surface area contributed by atoms with E-state index < -0.39 is 10.0 Å². The van der Waals surface area contributed by atoms with Gasteiger partial charge in [0.1, 0.15) is 0 Å². The van der Waals surface area contributed by atoms with E-state index in [1.807, 2.05) is 0 Å². The molecule has 1 aromatic carbocycles. The summed E-state index contributed by atoms with van der Waals surface area (Å²) in [4.78, 5) is 16.2. The summed E-state index contributed by atoms with van der Waals surface area (Å²) in [5, 5.41) is 6.19. The maximum absolute atomic E-state index is 12.6. The van der Waals surface area contributed by atoms with Gasteiger partial charge in [0.25, 0.3) is 0 Å². The molecule has 1 N–H and O–H groups in total. The predicted octanol–water partition coefficient (Wildman–Crippen LogP) is 0.355. The van der Waals surface area contributed by atoms with Crippen molar-refractivity contribution in [3.05, 3.63) is 34.9 Å². The highest BCUT2D eigenvalue weighted by molar-refractivity contribution is 7.89. The summed E-state index contributed by atoms with van der Waals surface area (Å²) < 4.78 is 28.0. The van der Waals surface area contributed by atoms with E-state index in [0.29, 0.717) is 29.8 Å². The first kappa shape index (κ1) is 13.4. The van der Waals surface area contributed by atoms with Crippen LogP contribution in [0.4, 0.5) is 0 Å². The fourth-order valence-corrected chi connectivity index (χ4v) is 4.33. The van der Waals surface area contributed by atoms with E-state index in [2.05, 4.69) is 15.2 Å². The van der Waals surface area contributed by atoms with Crippen molar-refractivity contribution in [2.75, 3.05) is 13.1 Å². The number of benzene rings is 1. The number of H-pyrrole nitrogens is 1. The van der Waals surface area contributed by atoms with Crippen LogP contribution in [0.15, 0.2) is 34.1 Å². The fraction of sp³-hybridized carbons (Fsp3) is 0.308. The lowest BCUT2D eigenvalue weighted by Crippen LogP contribution is -2.27. The number of fused-ring (bicyclic) bond motifs is 3. The van der Waals surface area contributed by atoms with E-state index in [0.717, 1.165) is 12.8 Å². The third-order valence-electron chi connectivity index (χ3n) is 3.91. The van der Waals surface area contributed by atoms with Crippen molar-refractivity contribution in [3.63, 3.8) is 0 Å². The number of nitrogens with zero attached hydrogens (tertiary/aromatic N) is 4. The van der Waals surface area contributed by atoms with Gasteiger partial charge in [0.15, 0.2) is 5.65 Å². The molecule has 4 rings (SSSR count). The first-order valence-electron chi connectivity index (χ1n) is 6.93. The fourth-order valence-electron chi connectivity index (χ4n) is 2.79. The van der Waals surface area contributed by atoms with Crippen LogP contribution in [0.1, 0.15) is 12.8 Å².